The predicted octanol–water partition coefficient (Wildman–Crippen LogP) is 7.57. The minimum Gasteiger partial charge on any atom is -0.493 e. The SMILES string of the molecule is COc1cc(/C=N\N2C(=O)[C@@H]3C4c5ccccc5C(c5ccccc54)[C@H]3C2=O)cc(Br)c1OCc1ccc(Cl)cc1Cl. The van der Waals surface area contributed by atoms with Crippen molar-refractivity contribution >= 4 is 57.2 Å². The fourth-order valence-corrected chi connectivity index (χ4v) is 7.68. The Bertz CT molecular complexity index is 1690. The lowest BCUT2D eigenvalue weighted by Crippen LogP contribution is -2.41. The number of ether oxygens (including phenoxy) is 2. The lowest BCUT2D eigenvalue weighted by atomic mass is 9.55. The molecule has 2 amide bonds. The number of hydrazone groups is 1. The molecule has 0 unspecified atom stereocenters. The second kappa shape index (κ2) is 10.6. The third kappa shape index (κ3) is 4.25. The average molecular weight is 662 g/mol. The monoisotopic (exact) mass is 660 g/mol. The van der Waals surface area contributed by atoms with Gasteiger partial charge in [-0.3, -0.25) is 9.59 Å². The zero-order chi connectivity index (χ0) is 29.1. The molecule has 0 radical (unpaired) electrons. The Morgan fingerprint density at radius 2 is 1.43 bits per heavy atom. The van der Waals surface area contributed by atoms with E-state index in [0.717, 1.165) is 32.8 Å². The maximum Gasteiger partial charge on any atom is 0.254 e. The van der Waals surface area contributed by atoms with Gasteiger partial charge in [0.1, 0.15) is 6.61 Å². The number of imide groups is 1. The molecule has 0 aromatic heterocycles. The van der Waals surface area contributed by atoms with Gasteiger partial charge in [-0.15, -0.1) is 0 Å². The molecular weight excluding hydrogens is 639 g/mol. The van der Waals surface area contributed by atoms with Gasteiger partial charge in [0.15, 0.2) is 11.5 Å². The molecule has 0 spiro atoms. The highest BCUT2D eigenvalue weighted by molar-refractivity contribution is 9.10. The lowest BCUT2D eigenvalue weighted by molar-refractivity contribution is -0.139. The van der Waals surface area contributed by atoms with Gasteiger partial charge >= 0.3 is 0 Å². The van der Waals surface area contributed by atoms with Crippen LogP contribution in [0.25, 0.3) is 0 Å². The molecule has 4 aliphatic rings. The van der Waals surface area contributed by atoms with Gasteiger partial charge < -0.3 is 9.47 Å². The molecule has 8 rings (SSSR count). The van der Waals surface area contributed by atoms with Crippen molar-refractivity contribution in [2.75, 3.05) is 7.11 Å². The normalized spacial score (nSPS) is 21.9. The van der Waals surface area contributed by atoms with Crippen LogP contribution < -0.4 is 9.47 Å². The minimum atomic E-state index is -0.485. The molecule has 1 aliphatic heterocycles. The molecule has 2 atom stereocenters. The number of benzene rings is 4. The lowest BCUT2D eigenvalue weighted by Gasteiger charge is -2.45. The number of rotatable bonds is 6. The Kier molecular flexibility index (Phi) is 6.84. The van der Waals surface area contributed by atoms with Gasteiger partial charge in [0.2, 0.25) is 0 Å². The summed E-state index contributed by atoms with van der Waals surface area (Å²) in [5.74, 6) is -0.938. The van der Waals surface area contributed by atoms with Gasteiger partial charge in [-0.05, 0) is 68.0 Å². The van der Waals surface area contributed by atoms with Crippen LogP contribution in [0.4, 0.5) is 0 Å². The van der Waals surface area contributed by atoms with E-state index in [2.05, 4.69) is 45.3 Å². The quantitative estimate of drug-likeness (QED) is 0.158. The van der Waals surface area contributed by atoms with Gasteiger partial charge in [-0.25, -0.2) is 0 Å². The Balaban J connectivity index is 1.17. The van der Waals surface area contributed by atoms with Crippen LogP contribution in [0.2, 0.25) is 10.0 Å². The van der Waals surface area contributed by atoms with Gasteiger partial charge in [-0.1, -0.05) is 77.8 Å². The number of methoxy groups -OCH3 is 1. The molecule has 1 heterocycles. The first-order valence-electron chi connectivity index (χ1n) is 13.4. The van der Waals surface area contributed by atoms with Crippen LogP contribution in [0.1, 0.15) is 45.2 Å². The summed E-state index contributed by atoms with van der Waals surface area (Å²) in [6, 6.07) is 25.0. The summed E-state index contributed by atoms with van der Waals surface area (Å²) in [7, 11) is 1.54. The molecule has 6 nitrogen and oxygen atoms in total. The first-order chi connectivity index (χ1) is 20.4. The number of carbonyl (C=O) groups is 2. The standard InChI is InChI=1S/C33H23BrCl2N2O4/c1-41-26-13-17(12-24(34)31(26)42-16-18-10-11-19(35)14-25(18)36)15-37-38-32(39)29-27-20-6-2-3-7-21(20)28(30(29)33(38)40)23-9-5-4-8-22(23)27/h2-15,27-30H,16H2,1H3/b37-15-/t27?,28?,29-,30-/m1/s1. The maximum atomic E-state index is 13.8. The highest BCUT2D eigenvalue weighted by Gasteiger charge is 2.61. The van der Waals surface area contributed by atoms with Crippen molar-refractivity contribution in [3.05, 3.63) is 127 Å². The van der Waals surface area contributed by atoms with E-state index in [-0.39, 0.29) is 30.3 Å². The van der Waals surface area contributed by atoms with E-state index in [1.165, 1.54) is 13.3 Å². The van der Waals surface area contributed by atoms with Crippen molar-refractivity contribution in [2.45, 2.75) is 18.4 Å². The molecule has 42 heavy (non-hydrogen) atoms. The predicted molar refractivity (Wildman–Crippen MR) is 164 cm³/mol. The maximum absolute atomic E-state index is 13.8. The number of amides is 2. The van der Waals surface area contributed by atoms with E-state index in [1.807, 2.05) is 24.3 Å². The molecular formula is C33H23BrCl2N2O4. The van der Waals surface area contributed by atoms with Crippen LogP contribution in [-0.2, 0) is 16.2 Å². The number of carbonyl (C=O) groups excluding carboxylic acids is 2. The van der Waals surface area contributed by atoms with Gasteiger partial charge in [0, 0.05) is 27.4 Å². The molecule has 4 aromatic rings. The highest BCUT2D eigenvalue weighted by Crippen LogP contribution is 2.61. The van der Waals surface area contributed by atoms with Crippen molar-refractivity contribution < 1.29 is 19.1 Å². The summed E-state index contributed by atoms with van der Waals surface area (Å²) in [5.41, 5.74) is 5.89. The summed E-state index contributed by atoms with van der Waals surface area (Å²) in [5, 5.41) is 6.52. The number of halogens is 3. The van der Waals surface area contributed by atoms with E-state index in [0.29, 0.717) is 31.6 Å². The van der Waals surface area contributed by atoms with E-state index in [1.54, 1.807) is 30.3 Å². The first kappa shape index (κ1) is 27.2. The summed E-state index contributed by atoms with van der Waals surface area (Å²) in [6.45, 7) is 0.199. The average Bonchev–Trinajstić information content (AvgIpc) is 3.25. The van der Waals surface area contributed by atoms with Crippen LogP contribution in [0.3, 0.4) is 0 Å². The first-order valence-corrected chi connectivity index (χ1v) is 15.0. The molecule has 1 fully saturated rings. The van der Waals surface area contributed by atoms with E-state index in [4.69, 9.17) is 32.7 Å². The molecule has 210 valence electrons. The smallest absolute Gasteiger partial charge is 0.254 e. The van der Waals surface area contributed by atoms with Crippen LogP contribution in [-0.4, -0.2) is 30.1 Å². The van der Waals surface area contributed by atoms with Gasteiger partial charge in [-0.2, -0.15) is 10.1 Å². The molecule has 4 aromatic carbocycles. The van der Waals surface area contributed by atoms with Crippen molar-refractivity contribution in [3.8, 4) is 11.5 Å². The Morgan fingerprint density at radius 1 is 0.857 bits per heavy atom. The number of hydrogen-bond donors (Lipinski definition) is 0. The number of hydrogen-bond acceptors (Lipinski definition) is 5. The minimum absolute atomic E-state index is 0.177. The third-order valence-corrected chi connectivity index (χ3v) is 9.56. The topological polar surface area (TPSA) is 68.2 Å². The second-order valence-corrected chi connectivity index (χ2v) is 12.3. The van der Waals surface area contributed by atoms with Crippen LogP contribution in [0, 0.1) is 11.8 Å². The van der Waals surface area contributed by atoms with Crippen LogP contribution in [0.15, 0.2) is 88.4 Å². The largest absolute Gasteiger partial charge is 0.493 e. The zero-order valence-corrected chi connectivity index (χ0v) is 25.4. The van der Waals surface area contributed by atoms with Gasteiger partial charge in [0.05, 0.1) is 29.6 Å². The summed E-state index contributed by atoms with van der Waals surface area (Å²) >= 11 is 15.9. The molecule has 1 saturated heterocycles. The molecule has 0 saturated carbocycles. The molecule has 3 aliphatic carbocycles. The fourth-order valence-electron chi connectivity index (χ4n) is 6.64. The van der Waals surface area contributed by atoms with Crippen molar-refractivity contribution in [2.24, 2.45) is 16.9 Å². The zero-order valence-electron chi connectivity index (χ0n) is 22.3. The Hall–Kier alpha value is -3.65. The fraction of sp³-hybridized carbons (Fsp3) is 0.182. The second-order valence-electron chi connectivity index (χ2n) is 10.6. The van der Waals surface area contributed by atoms with Crippen molar-refractivity contribution in [3.63, 3.8) is 0 Å². The summed E-state index contributed by atoms with van der Waals surface area (Å²) in [4.78, 5) is 27.6. The summed E-state index contributed by atoms with van der Waals surface area (Å²) in [6.07, 6.45) is 1.50. The Labute approximate surface area is 261 Å². The van der Waals surface area contributed by atoms with E-state index < -0.39 is 11.8 Å². The third-order valence-electron chi connectivity index (χ3n) is 8.39. The summed E-state index contributed by atoms with van der Waals surface area (Å²) < 4.78 is 12.2. The molecule has 9 heteroatoms. The van der Waals surface area contributed by atoms with Gasteiger partial charge in [0.25, 0.3) is 11.8 Å². The van der Waals surface area contributed by atoms with Crippen molar-refractivity contribution in [1.29, 1.82) is 0 Å². The molecule has 2 bridgehead atoms. The number of nitrogens with zero attached hydrogens (tertiary/aromatic N) is 2. The van der Waals surface area contributed by atoms with Crippen LogP contribution >= 0.6 is 39.1 Å². The highest BCUT2D eigenvalue weighted by atomic mass is 79.9. The van der Waals surface area contributed by atoms with Crippen molar-refractivity contribution in [1.82, 2.24) is 5.01 Å². The van der Waals surface area contributed by atoms with E-state index >= 15 is 0 Å². The molecule has 0 N–H and O–H groups in total. The van der Waals surface area contributed by atoms with E-state index in [9.17, 15) is 9.59 Å². The van der Waals surface area contributed by atoms with Crippen LogP contribution in [0.5, 0.6) is 11.5 Å². The Morgan fingerprint density at radius 3 is 1.95 bits per heavy atom.